The number of hydrogen-bond acceptors (Lipinski definition) is 7. The maximum Gasteiger partial charge on any atom is 0.188 e. The zero-order chi connectivity index (χ0) is 16.4. The van der Waals surface area contributed by atoms with Gasteiger partial charge in [0.2, 0.25) is 0 Å². The quantitative estimate of drug-likeness (QED) is 0.653. The molecule has 0 aliphatic rings. The summed E-state index contributed by atoms with van der Waals surface area (Å²) >= 11 is 7.70. The van der Waals surface area contributed by atoms with Crippen molar-refractivity contribution in [2.45, 2.75) is 13.8 Å². The molecule has 4 N–H and O–H groups in total. The highest BCUT2D eigenvalue weighted by Crippen LogP contribution is 2.32. The van der Waals surface area contributed by atoms with Crippen LogP contribution < -0.4 is 16.4 Å². The molecule has 0 spiro atoms. The number of nitrogens with two attached hydrogens (primary N) is 1. The molecule has 8 heteroatoms. The van der Waals surface area contributed by atoms with E-state index in [1.54, 1.807) is 17.4 Å². The molecule has 0 saturated heterocycles. The number of anilines is 5. The van der Waals surface area contributed by atoms with Gasteiger partial charge in [0.15, 0.2) is 16.8 Å². The fourth-order valence-electron chi connectivity index (χ4n) is 1.91. The molecule has 2 aromatic heterocycles. The van der Waals surface area contributed by atoms with Crippen molar-refractivity contribution in [1.82, 2.24) is 15.0 Å². The maximum atomic E-state index is 6.16. The van der Waals surface area contributed by atoms with E-state index in [9.17, 15) is 0 Å². The summed E-state index contributed by atoms with van der Waals surface area (Å²) in [6.07, 6.45) is 1.44. The molecule has 0 radical (unpaired) electrons. The lowest BCUT2D eigenvalue weighted by atomic mass is 10.3. The first kappa shape index (κ1) is 15.5. The van der Waals surface area contributed by atoms with Crippen molar-refractivity contribution in [1.29, 1.82) is 0 Å². The number of halogens is 1. The van der Waals surface area contributed by atoms with Crippen LogP contribution >= 0.6 is 22.9 Å². The van der Waals surface area contributed by atoms with Crippen molar-refractivity contribution in [3.05, 3.63) is 46.2 Å². The summed E-state index contributed by atoms with van der Waals surface area (Å²) in [7, 11) is 0. The third kappa shape index (κ3) is 3.35. The monoisotopic (exact) mass is 346 g/mol. The lowest BCUT2D eigenvalue weighted by molar-refractivity contribution is 1.16. The normalized spacial score (nSPS) is 10.6. The molecular formula is C15H15ClN6S. The number of aromatic nitrogens is 3. The average molecular weight is 347 g/mol. The van der Waals surface area contributed by atoms with Crippen LogP contribution in [0.2, 0.25) is 5.02 Å². The Morgan fingerprint density at radius 2 is 1.78 bits per heavy atom. The highest BCUT2D eigenvalue weighted by Gasteiger charge is 2.12. The number of nitrogens with one attached hydrogen (secondary N) is 2. The largest absolute Gasteiger partial charge is 0.393 e. The third-order valence-corrected chi connectivity index (χ3v) is 4.58. The van der Waals surface area contributed by atoms with Gasteiger partial charge in [0.25, 0.3) is 0 Å². The number of para-hydroxylation sites is 1. The van der Waals surface area contributed by atoms with Crippen molar-refractivity contribution in [2.75, 3.05) is 16.4 Å². The van der Waals surface area contributed by atoms with Gasteiger partial charge < -0.3 is 16.4 Å². The van der Waals surface area contributed by atoms with Gasteiger partial charge in [-0.05, 0) is 26.0 Å². The van der Waals surface area contributed by atoms with E-state index in [2.05, 4.69) is 25.6 Å². The van der Waals surface area contributed by atoms with E-state index in [1.165, 1.54) is 6.33 Å². The summed E-state index contributed by atoms with van der Waals surface area (Å²) in [5, 5.41) is 7.58. The molecule has 0 fully saturated rings. The first-order valence-corrected chi connectivity index (χ1v) is 8.07. The number of benzene rings is 1. The molecule has 0 saturated carbocycles. The first-order chi connectivity index (χ1) is 11.0. The summed E-state index contributed by atoms with van der Waals surface area (Å²) < 4.78 is 0. The van der Waals surface area contributed by atoms with E-state index in [4.69, 9.17) is 17.3 Å². The fraction of sp³-hybridized carbons (Fsp3) is 0.133. The SMILES string of the molecule is Cc1nc(Nc2ncnc(Nc3ccccc3Cl)c2N)sc1C. The zero-order valence-corrected chi connectivity index (χ0v) is 14.2. The smallest absolute Gasteiger partial charge is 0.188 e. The van der Waals surface area contributed by atoms with Gasteiger partial charge in [-0.3, -0.25) is 0 Å². The molecule has 0 unspecified atom stereocenters. The second-order valence-electron chi connectivity index (χ2n) is 4.88. The lowest BCUT2D eigenvalue weighted by Crippen LogP contribution is -2.05. The van der Waals surface area contributed by atoms with Crippen LogP contribution in [0.3, 0.4) is 0 Å². The van der Waals surface area contributed by atoms with Crippen LogP contribution in [0.15, 0.2) is 30.6 Å². The minimum Gasteiger partial charge on any atom is -0.393 e. The molecule has 6 nitrogen and oxygen atoms in total. The van der Waals surface area contributed by atoms with Gasteiger partial charge in [-0.25, -0.2) is 15.0 Å². The predicted molar refractivity (Wildman–Crippen MR) is 96.0 cm³/mol. The van der Waals surface area contributed by atoms with Crippen molar-refractivity contribution in [2.24, 2.45) is 0 Å². The minimum atomic E-state index is 0.401. The van der Waals surface area contributed by atoms with Gasteiger partial charge in [0.05, 0.1) is 16.4 Å². The van der Waals surface area contributed by atoms with Crippen molar-refractivity contribution < 1.29 is 0 Å². The van der Waals surface area contributed by atoms with Gasteiger partial charge >= 0.3 is 0 Å². The lowest BCUT2D eigenvalue weighted by Gasteiger charge is -2.12. The Balaban J connectivity index is 1.88. The average Bonchev–Trinajstić information content (AvgIpc) is 2.84. The Hall–Kier alpha value is -2.38. The van der Waals surface area contributed by atoms with E-state index in [-0.39, 0.29) is 0 Å². The van der Waals surface area contributed by atoms with Crippen molar-refractivity contribution >= 4 is 51.1 Å². The summed E-state index contributed by atoms with van der Waals surface area (Å²) in [6, 6.07) is 7.38. The van der Waals surface area contributed by atoms with E-state index in [1.807, 2.05) is 32.0 Å². The topological polar surface area (TPSA) is 88.8 Å². The van der Waals surface area contributed by atoms with Crippen LogP contribution in [0.1, 0.15) is 10.6 Å². The number of hydrogen-bond donors (Lipinski definition) is 3. The van der Waals surface area contributed by atoms with Gasteiger partial charge in [0, 0.05) is 4.88 Å². The van der Waals surface area contributed by atoms with E-state index < -0.39 is 0 Å². The predicted octanol–water partition coefficient (Wildman–Crippen LogP) is 4.27. The number of rotatable bonds is 4. The molecule has 23 heavy (non-hydrogen) atoms. The third-order valence-electron chi connectivity index (χ3n) is 3.26. The molecule has 0 bridgehead atoms. The van der Waals surface area contributed by atoms with Crippen LogP contribution in [0, 0.1) is 13.8 Å². The molecule has 3 rings (SSSR count). The molecule has 0 aliphatic heterocycles. The molecule has 0 aliphatic carbocycles. The van der Waals surface area contributed by atoms with E-state index in [0.29, 0.717) is 22.3 Å². The van der Waals surface area contributed by atoms with Crippen LogP contribution in [-0.4, -0.2) is 15.0 Å². The Labute approximate surface area is 142 Å². The summed E-state index contributed by atoms with van der Waals surface area (Å²) in [5.74, 6) is 0.990. The van der Waals surface area contributed by atoms with Gasteiger partial charge in [-0.1, -0.05) is 23.7 Å². The summed E-state index contributed by atoms with van der Waals surface area (Å²) in [4.78, 5) is 13.9. The Bertz CT molecular complexity index is 828. The fourth-order valence-corrected chi connectivity index (χ4v) is 2.91. The first-order valence-electron chi connectivity index (χ1n) is 6.87. The highest BCUT2D eigenvalue weighted by atomic mass is 35.5. The van der Waals surface area contributed by atoms with E-state index >= 15 is 0 Å². The van der Waals surface area contributed by atoms with Crippen molar-refractivity contribution in [3.8, 4) is 0 Å². The second-order valence-corrected chi connectivity index (χ2v) is 6.49. The zero-order valence-electron chi connectivity index (χ0n) is 12.6. The summed E-state index contributed by atoms with van der Waals surface area (Å²) in [6.45, 7) is 3.98. The van der Waals surface area contributed by atoms with Gasteiger partial charge in [-0.2, -0.15) is 0 Å². The summed E-state index contributed by atoms with van der Waals surface area (Å²) in [5.41, 5.74) is 8.27. The number of aryl methyl sites for hydroxylation is 2. The van der Waals surface area contributed by atoms with Crippen LogP contribution in [0.4, 0.5) is 28.1 Å². The van der Waals surface area contributed by atoms with E-state index in [0.717, 1.165) is 21.4 Å². The Kier molecular flexibility index (Phi) is 4.31. The molecule has 3 aromatic rings. The maximum absolute atomic E-state index is 6.16. The van der Waals surface area contributed by atoms with Crippen molar-refractivity contribution in [3.63, 3.8) is 0 Å². The Morgan fingerprint density at radius 3 is 2.43 bits per heavy atom. The van der Waals surface area contributed by atoms with Gasteiger partial charge in [0.1, 0.15) is 12.0 Å². The van der Waals surface area contributed by atoms with Crippen LogP contribution in [0.5, 0.6) is 0 Å². The number of nitrogen functional groups attached to an aromatic ring is 1. The standard InChI is InChI=1S/C15H15ClN6S/c1-8-9(2)23-15(20-8)22-14-12(17)13(18-7-19-14)21-11-6-4-3-5-10(11)16/h3-7H,17H2,1-2H3,(H2,18,19,20,21,22). The minimum absolute atomic E-state index is 0.401. The van der Waals surface area contributed by atoms with Crippen LogP contribution in [0.25, 0.3) is 0 Å². The van der Waals surface area contributed by atoms with Gasteiger partial charge in [-0.15, -0.1) is 11.3 Å². The number of thiazole rings is 1. The Morgan fingerprint density at radius 1 is 1.09 bits per heavy atom. The molecular weight excluding hydrogens is 332 g/mol. The molecule has 0 amide bonds. The second kappa shape index (κ2) is 6.39. The molecule has 2 heterocycles. The molecule has 0 atom stereocenters. The highest BCUT2D eigenvalue weighted by molar-refractivity contribution is 7.15. The van der Waals surface area contributed by atoms with Crippen LogP contribution in [-0.2, 0) is 0 Å². The molecule has 1 aromatic carbocycles. The molecule has 118 valence electrons. The number of nitrogens with zero attached hydrogens (tertiary/aromatic N) is 3.